The summed E-state index contributed by atoms with van der Waals surface area (Å²) in [4.78, 5) is 19.4. The predicted molar refractivity (Wildman–Crippen MR) is 102 cm³/mol. The number of likely N-dealkylation sites (tertiary alicyclic amines) is 1. The Morgan fingerprint density at radius 2 is 2.07 bits per heavy atom. The maximum atomic E-state index is 13.9. The molecule has 142 valence electrons. The minimum absolute atomic E-state index is 0.121. The van der Waals surface area contributed by atoms with Gasteiger partial charge in [-0.2, -0.15) is 0 Å². The van der Waals surface area contributed by atoms with E-state index in [0.29, 0.717) is 18.5 Å². The second-order valence-corrected chi connectivity index (χ2v) is 7.36. The number of pyridine rings is 1. The molecule has 2 aromatic rings. The van der Waals surface area contributed by atoms with Crippen molar-refractivity contribution in [2.75, 3.05) is 19.6 Å². The van der Waals surface area contributed by atoms with E-state index in [2.05, 4.69) is 10.9 Å². The van der Waals surface area contributed by atoms with Crippen molar-refractivity contribution in [1.82, 2.24) is 20.7 Å². The number of hydrazine groups is 1. The zero-order chi connectivity index (χ0) is 18.6. The molecule has 27 heavy (non-hydrogen) atoms. The van der Waals surface area contributed by atoms with Crippen molar-refractivity contribution in [1.29, 1.82) is 0 Å². The summed E-state index contributed by atoms with van der Waals surface area (Å²) in [5, 5.41) is 0. The number of piperidine rings is 1. The van der Waals surface area contributed by atoms with Crippen LogP contribution in [0.25, 0.3) is 0 Å². The number of halogens is 1. The molecule has 2 aliphatic rings. The molecule has 0 saturated carbocycles. The molecule has 0 radical (unpaired) electrons. The van der Waals surface area contributed by atoms with Gasteiger partial charge in [-0.25, -0.2) is 9.82 Å². The van der Waals surface area contributed by atoms with Crippen molar-refractivity contribution in [3.63, 3.8) is 0 Å². The van der Waals surface area contributed by atoms with Gasteiger partial charge in [0, 0.05) is 43.4 Å². The van der Waals surface area contributed by atoms with Crippen molar-refractivity contribution in [2.45, 2.75) is 37.6 Å². The number of nitrogens with zero attached hydrogens (tertiary/aromatic N) is 2. The van der Waals surface area contributed by atoms with E-state index in [9.17, 15) is 9.18 Å². The number of rotatable bonds is 4. The summed E-state index contributed by atoms with van der Waals surface area (Å²) in [5.41, 5.74) is 8.61. The molecular weight excluding hydrogens is 343 g/mol. The number of carbonyl (C=O) groups excluding carboxylic acids is 1. The molecule has 2 fully saturated rings. The van der Waals surface area contributed by atoms with Crippen LogP contribution in [-0.4, -0.2) is 41.5 Å². The summed E-state index contributed by atoms with van der Waals surface area (Å²) in [7, 11) is 0. The number of hydrogen-bond acceptors (Lipinski definition) is 4. The molecule has 2 N–H and O–H groups in total. The Balaban J connectivity index is 1.46. The summed E-state index contributed by atoms with van der Waals surface area (Å²) in [5.74, 6) is 0.210. The van der Waals surface area contributed by atoms with Crippen LogP contribution in [0, 0.1) is 5.82 Å². The second kappa shape index (κ2) is 8.15. The zero-order valence-electron chi connectivity index (χ0n) is 15.3. The Kier molecular flexibility index (Phi) is 5.45. The highest BCUT2D eigenvalue weighted by Crippen LogP contribution is 2.27. The van der Waals surface area contributed by atoms with Gasteiger partial charge in [0.2, 0.25) is 5.91 Å². The largest absolute Gasteiger partial charge is 0.341 e. The fourth-order valence-electron chi connectivity index (χ4n) is 3.97. The normalized spacial score (nSPS) is 22.8. The van der Waals surface area contributed by atoms with Gasteiger partial charge >= 0.3 is 0 Å². The standard InChI is InChI=1S/C21H25FN4O/c22-18-8-2-1-5-15(18)13-17-7-3-9-19(24-17)16-6-4-12-26(14-16)21(27)20-10-11-23-25-20/h1-3,5,7-9,16,20,23,25H,4,6,10-14H2. The fraction of sp³-hybridized carbons (Fsp3) is 0.429. The van der Waals surface area contributed by atoms with Gasteiger partial charge in [0.1, 0.15) is 11.9 Å². The number of amides is 1. The minimum atomic E-state index is -0.197. The SMILES string of the molecule is O=C(C1CCNN1)N1CCCC(c2cccc(Cc3ccccc3F)n2)C1. The summed E-state index contributed by atoms with van der Waals surface area (Å²) in [6, 6.07) is 12.7. The van der Waals surface area contributed by atoms with Crippen molar-refractivity contribution >= 4 is 5.91 Å². The van der Waals surface area contributed by atoms with Crippen LogP contribution < -0.4 is 10.9 Å². The third kappa shape index (κ3) is 4.17. The Morgan fingerprint density at radius 1 is 1.19 bits per heavy atom. The molecule has 4 rings (SSSR count). The van der Waals surface area contributed by atoms with E-state index < -0.39 is 0 Å². The van der Waals surface area contributed by atoms with E-state index in [0.717, 1.165) is 43.7 Å². The van der Waals surface area contributed by atoms with Crippen molar-refractivity contribution in [2.24, 2.45) is 0 Å². The van der Waals surface area contributed by atoms with Gasteiger partial charge in [0.15, 0.2) is 0 Å². The summed E-state index contributed by atoms with van der Waals surface area (Å²) in [6.07, 6.45) is 3.32. The number of carbonyl (C=O) groups is 1. The average molecular weight is 368 g/mol. The first kappa shape index (κ1) is 18.1. The third-order valence-corrected chi connectivity index (χ3v) is 5.44. The summed E-state index contributed by atoms with van der Waals surface area (Å²) in [6.45, 7) is 2.34. The Labute approximate surface area is 159 Å². The van der Waals surface area contributed by atoms with Gasteiger partial charge in [0.25, 0.3) is 0 Å². The lowest BCUT2D eigenvalue weighted by Crippen LogP contribution is -2.48. The number of benzene rings is 1. The molecule has 5 nitrogen and oxygen atoms in total. The Hall–Kier alpha value is -2.31. The Morgan fingerprint density at radius 3 is 2.89 bits per heavy atom. The van der Waals surface area contributed by atoms with Crippen molar-refractivity contribution in [3.8, 4) is 0 Å². The molecule has 0 spiro atoms. The van der Waals surface area contributed by atoms with E-state index in [-0.39, 0.29) is 23.7 Å². The third-order valence-electron chi connectivity index (χ3n) is 5.44. The van der Waals surface area contributed by atoms with Gasteiger partial charge in [-0.05, 0) is 43.0 Å². The molecule has 2 aliphatic heterocycles. The van der Waals surface area contributed by atoms with Crippen molar-refractivity contribution < 1.29 is 9.18 Å². The monoisotopic (exact) mass is 368 g/mol. The maximum absolute atomic E-state index is 13.9. The molecule has 1 aromatic carbocycles. The highest BCUT2D eigenvalue weighted by molar-refractivity contribution is 5.82. The van der Waals surface area contributed by atoms with E-state index in [1.54, 1.807) is 12.1 Å². The van der Waals surface area contributed by atoms with E-state index >= 15 is 0 Å². The highest BCUT2D eigenvalue weighted by Gasteiger charge is 2.31. The van der Waals surface area contributed by atoms with Crippen LogP contribution in [0.3, 0.4) is 0 Å². The lowest BCUT2D eigenvalue weighted by Gasteiger charge is -2.34. The number of hydrogen-bond donors (Lipinski definition) is 2. The van der Waals surface area contributed by atoms with E-state index in [4.69, 9.17) is 4.98 Å². The van der Waals surface area contributed by atoms with Crippen LogP contribution in [0.1, 0.15) is 42.1 Å². The summed E-state index contributed by atoms with van der Waals surface area (Å²) >= 11 is 0. The van der Waals surface area contributed by atoms with Crippen LogP contribution >= 0.6 is 0 Å². The Bertz CT molecular complexity index is 806. The van der Waals surface area contributed by atoms with Gasteiger partial charge in [-0.15, -0.1) is 0 Å². The zero-order valence-corrected chi connectivity index (χ0v) is 15.3. The lowest BCUT2D eigenvalue weighted by molar-refractivity contribution is -0.134. The molecule has 2 unspecified atom stereocenters. The van der Waals surface area contributed by atoms with Crippen LogP contribution in [-0.2, 0) is 11.2 Å². The average Bonchev–Trinajstić information content (AvgIpc) is 3.24. The first-order chi connectivity index (χ1) is 13.2. The summed E-state index contributed by atoms with van der Waals surface area (Å²) < 4.78 is 13.9. The van der Waals surface area contributed by atoms with Crippen LogP contribution in [0.15, 0.2) is 42.5 Å². The molecule has 0 bridgehead atoms. The lowest BCUT2D eigenvalue weighted by atomic mass is 9.93. The molecule has 6 heteroatoms. The van der Waals surface area contributed by atoms with Gasteiger partial charge in [0.05, 0.1) is 0 Å². The molecule has 3 heterocycles. The number of nitrogens with one attached hydrogen (secondary N) is 2. The second-order valence-electron chi connectivity index (χ2n) is 7.36. The molecular formula is C21H25FN4O. The van der Waals surface area contributed by atoms with Crippen LogP contribution in [0.5, 0.6) is 0 Å². The number of aromatic nitrogens is 1. The quantitative estimate of drug-likeness (QED) is 0.870. The van der Waals surface area contributed by atoms with Gasteiger partial charge in [-0.1, -0.05) is 24.3 Å². The first-order valence-corrected chi connectivity index (χ1v) is 9.67. The molecule has 2 saturated heterocycles. The molecule has 1 aromatic heterocycles. The van der Waals surface area contributed by atoms with Crippen LogP contribution in [0.2, 0.25) is 0 Å². The van der Waals surface area contributed by atoms with Gasteiger partial charge in [-0.3, -0.25) is 15.2 Å². The minimum Gasteiger partial charge on any atom is -0.341 e. The van der Waals surface area contributed by atoms with Crippen LogP contribution in [0.4, 0.5) is 4.39 Å². The smallest absolute Gasteiger partial charge is 0.241 e. The molecule has 0 aliphatic carbocycles. The highest BCUT2D eigenvalue weighted by atomic mass is 19.1. The van der Waals surface area contributed by atoms with E-state index in [1.165, 1.54) is 6.07 Å². The maximum Gasteiger partial charge on any atom is 0.241 e. The van der Waals surface area contributed by atoms with Gasteiger partial charge < -0.3 is 4.90 Å². The molecule has 1 amide bonds. The first-order valence-electron chi connectivity index (χ1n) is 9.67. The fourth-order valence-corrected chi connectivity index (χ4v) is 3.97. The predicted octanol–water partition coefficient (Wildman–Crippen LogP) is 2.38. The van der Waals surface area contributed by atoms with Crippen molar-refractivity contribution in [3.05, 3.63) is 65.2 Å². The van der Waals surface area contributed by atoms with E-state index in [1.807, 2.05) is 29.2 Å². The topological polar surface area (TPSA) is 57.3 Å². The molecule has 2 atom stereocenters.